The lowest BCUT2D eigenvalue weighted by Gasteiger charge is -2.38. The Morgan fingerprint density at radius 2 is 2.24 bits per heavy atom. The summed E-state index contributed by atoms with van der Waals surface area (Å²) in [6.45, 7) is 7.41. The van der Waals surface area contributed by atoms with Gasteiger partial charge >= 0.3 is 0 Å². The number of thioether (sulfide) groups is 1. The summed E-state index contributed by atoms with van der Waals surface area (Å²) in [6.07, 6.45) is 0. The molecule has 2 rings (SSSR count). The van der Waals surface area contributed by atoms with Crippen molar-refractivity contribution in [3.8, 4) is 0 Å². The van der Waals surface area contributed by atoms with Crippen LogP contribution in [0.15, 0.2) is 6.07 Å². The van der Waals surface area contributed by atoms with Crippen LogP contribution < -0.4 is 16.2 Å². The largest absolute Gasteiger partial charge is 0.352 e. The summed E-state index contributed by atoms with van der Waals surface area (Å²) < 4.78 is 0. The molecule has 94 valence electrons. The number of nitrogens with one attached hydrogen (secondary N) is 1. The van der Waals surface area contributed by atoms with Crippen LogP contribution >= 0.6 is 11.8 Å². The van der Waals surface area contributed by atoms with Crippen LogP contribution in [-0.2, 0) is 0 Å². The fraction of sp³-hybridized carbons (Fsp3) is 0.636. The Morgan fingerprint density at radius 1 is 1.47 bits per heavy atom. The van der Waals surface area contributed by atoms with Crippen molar-refractivity contribution < 1.29 is 0 Å². The second kappa shape index (κ2) is 5.10. The molecule has 0 saturated carbocycles. The number of anilines is 2. The molecule has 2 atom stereocenters. The second-order valence-electron chi connectivity index (χ2n) is 4.31. The summed E-state index contributed by atoms with van der Waals surface area (Å²) in [5.74, 6) is 8.93. The van der Waals surface area contributed by atoms with Crippen molar-refractivity contribution in [2.45, 2.75) is 32.1 Å². The predicted octanol–water partition coefficient (Wildman–Crippen LogP) is 1.40. The average molecular weight is 253 g/mol. The van der Waals surface area contributed by atoms with Gasteiger partial charge < -0.3 is 10.3 Å². The summed E-state index contributed by atoms with van der Waals surface area (Å²) in [6, 6.07) is 2.39. The monoisotopic (exact) mass is 253 g/mol. The van der Waals surface area contributed by atoms with E-state index in [-0.39, 0.29) is 0 Å². The van der Waals surface area contributed by atoms with E-state index in [1.165, 1.54) is 0 Å². The van der Waals surface area contributed by atoms with Gasteiger partial charge in [-0.05, 0) is 13.8 Å². The minimum atomic E-state index is 0.480. The highest BCUT2D eigenvalue weighted by molar-refractivity contribution is 8.00. The first-order chi connectivity index (χ1) is 8.11. The van der Waals surface area contributed by atoms with Gasteiger partial charge in [0.1, 0.15) is 17.5 Å². The minimum Gasteiger partial charge on any atom is -0.352 e. The summed E-state index contributed by atoms with van der Waals surface area (Å²) in [5.41, 5.74) is 2.59. The lowest BCUT2D eigenvalue weighted by Crippen LogP contribution is -2.45. The Kier molecular flexibility index (Phi) is 3.73. The molecule has 1 aromatic rings. The van der Waals surface area contributed by atoms with Crippen LogP contribution in [0.4, 0.5) is 11.6 Å². The summed E-state index contributed by atoms with van der Waals surface area (Å²) in [5, 5.41) is 0.619. The number of hydrogen-bond acceptors (Lipinski definition) is 6. The van der Waals surface area contributed by atoms with Gasteiger partial charge in [-0.2, -0.15) is 11.8 Å². The Morgan fingerprint density at radius 3 is 2.94 bits per heavy atom. The number of aromatic nitrogens is 2. The summed E-state index contributed by atoms with van der Waals surface area (Å²) in [7, 11) is 0. The van der Waals surface area contributed by atoms with E-state index < -0.39 is 0 Å². The van der Waals surface area contributed by atoms with E-state index in [0.29, 0.717) is 17.1 Å². The van der Waals surface area contributed by atoms with Crippen molar-refractivity contribution in [1.82, 2.24) is 9.97 Å². The fourth-order valence-corrected chi connectivity index (χ4v) is 3.13. The quantitative estimate of drug-likeness (QED) is 0.613. The van der Waals surface area contributed by atoms with Crippen LogP contribution in [0.5, 0.6) is 0 Å². The van der Waals surface area contributed by atoms with Crippen LogP contribution in [0.2, 0.25) is 0 Å². The zero-order valence-electron chi connectivity index (χ0n) is 10.5. The first kappa shape index (κ1) is 12.4. The maximum atomic E-state index is 5.42. The van der Waals surface area contributed by atoms with Gasteiger partial charge in [-0.15, -0.1) is 0 Å². The van der Waals surface area contributed by atoms with Crippen LogP contribution in [0.3, 0.4) is 0 Å². The lowest BCUT2D eigenvalue weighted by atomic mass is 10.2. The van der Waals surface area contributed by atoms with E-state index in [2.05, 4.69) is 34.1 Å². The predicted molar refractivity (Wildman–Crippen MR) is 73.3 cm³/mol. The van der Waals surface area contributed by atoms with Crippen molar-refractivity contribution in [2.75, 3.05) is 22.6 Å². The molecule has 1 saturated heterocycles. The van der Waals surface area contributed by atoms with Crippen LogP contribution in [0.1, 0.15) is 19.7 Å². The first-order valence-electron chi connectivity index (χ1n) is 5.82. The maximum Gasteiger partial charge on any atom is 0.145 e. The zero-order chi connectivity index (χ0) is 12.4. The summed E-state index contributed by atoms with van der Waals surface area (Å²) >= 11 is 2.01. The molecule has 17 heavy (non-hydrogen) atoms. The molecule has 0 radical (unpaired) electrons. The van der Waals surface area contributed by atoms with Crippen molar-refractivity contribution in [3.05, 3.63) is 11.9 Å². The maximum absolute atomic E-state index is 5.42. The third kappa shape index (κ3) is 2.63. The van der Waals surface area contributed by atoms with E-state index in [9.17, 15) is 0 Å². The molecule has 5 nitrogen and oxygen atoms in total. The van der Waals surface area contributed by atoms with Gasteiger partial charge in [0.15, 0.2) is 0 Å². The minimum absolute atomic E-state index is 0.480. The number of rotatable bonds is 2. The Labute approximate surface area is 106 Å². The average Bonchev–Trinajstić information content (AvgIpc) is 2.31. The molecule has 0 aromatic carbocycles. The SMILES string of the molecule is Cc1nc(NN)cc(N2CCSC(C)C2C)n1. The topological polar surface area (TPSA) is 67.1 Å². The van der Waals surface area contributed by atoms with Gasteiger partial charge in [-0.25, -0.2) is 15.8 Å². The lowest BCUT2D eigenvalue weighted by molar-refractivity contribution is 0.619. The van der Waals surface area contributed by atoms with Gasteiger partial charge in [0.25, 0.3) is 0 Å². The van der Waals surface area contributed by atoms with Crippen LogP contribution in [0, 0.1) is 6.92 Å². The molecular formula is C11H19N5S. The molecule has 1 aromatic heterocycles. The normalized spacial score (nSPS) is 24.8. The molecule has 2 unspecified atom stereocenters. The Balaban J connectivity index is 2.29. The number of nitrogen functional groups attached to an aromatic ring is 1. The first-order valence-corrected chi connectivity index (χ1v) is 6.87. The molecule has 0 bridgehead atoms. The fourth-order valence-electron chi connectivity index (χ4n) is 2.03. The van der Waals surface area contributed by atoms with E-state index in [1.54, 1.807) is 0 Å². The van der Waals surface area contributed by atoms with E-state index in [0.717, 1.165) is 23.9 Å². The molecule has 0 spiro atoms. The molecular weight excluding hydrogens is 234 g/mol. The van der Waals surface area contributed by atoms with Gasteiger partial charge in [0.2, 0.25) is 0 Å². The number of hydrogen-bond donors (Lipinski definition) is 2. The van der Waals surface area contributed by atoms with Gasteiger partial charge in [0, 0.05) is 29.7 Å². The van der Waals surface area contributed by atoms with E-state index >= 15 is 0 Å². The molecule has 0 amide bonds. The van der Waals surface area contributed by atoms with E-state index in [4.69, 9.17) is 5.84 Å². The molecule has 6 heteroatoms. The Bertz CT molecular complexity index is 397. The van der Waals surface area contributed by atoms with Crippen molar-refractivity contribution in [1.29, 1.82) is 0 Å². The molecule has 1 aliphatic heterocycles. The van der Waals surface area contributed by atoms with Gasteiger partial charge in [-0.3, -0.25) is 0 Å². The molecule has 1 fully saturated rings. The zero-order valence-corrected chi connectivity index (χ0v) is 11.3. The number of nitrogens with zero attached hydrogens (tertiary/aromatic N) is 3. The van der Waals surface area contributed by atoms with Crippen LogP contribution in [0.25, 0.3) is 0 Å². The number of nitrogens with two attached hydrogens (primary N) is 1. The smallest absolute Gasteiger partial charge is 0.145 e. The number of hydrazine groups is 1. The van der Waals surface area contributed by atoms with Gasteiger partial charge in [0.05, 0.1) is 0 Å². The standard InChI is InChI=1S/C11H19N5S/c1-7-8(2)17-5-4-16(7)11-6-10(15-12)13-9(3)14-11/h6-8H,4-5,12H2,1-3H3,(H,13,14,15). The summed E-state index contributed by atoms with van der Waals surface area (Å²) in [4.78, 5) is 11.0. The highest BCUT2D eigenvalue weighted by Crippen LogP contribution is 2.28. The highest BCUT2D eigenvalue weighted by Gasteiger charge is 2.26. The number of aryl methyl sites for hydroxylation is 1. The van der Waals surface area contributed by atoms with Crippen molar-refractivity contribution >= 4 is 23.4 Å². The van der Waals surface area contributed by atoms with Crippen molar-refractivity contribution in [3.63, 3.8) is 0 Å². The Hall–Kier alpha value is -1.01. The highest BCUT2D eigenvalue weighted by atomic mass is 32.2. The molecule has 0 aliphatic carbocycles. The second-order valence-corrected chi connectivity index (χ2v) is 5.80. The molecule has 2 heterocycles. The molecule has 1 aliphatic rings. The van der Waals surface area contributed by atoms with Gasteiger partial charge in [-0.1, -0.05) is 6.92 Å². The molecule has 3 N–H and O–H groups in total. The van der Waals surface area contributed by atoms with Crippen molar-refractivity contribution in [2.24, 2.45) is 5.84 Å². The van der Waals surface area contributed by atoms with E-state index in [1.807, 2.05) is 24.8 Å². The third-order valence-corrected chi connectivity index (χ3v) is 4.49. The third-order valence-electron chi connectivity index (χ3n) is 3.15. The van der Waals surface area contributed by atoms with Crippen LogP contribution in [-0.4, -0.2) is 33.6 Å².